The summed E-state index contributed by atoms with van der Waals surface area (Å²) < 4.78 is 0. The molecule has 3 aromatic rings. The molecule has 0 unspecified atom stereocenters. The van der Waals surface area contributed by atoms with Crippen molar-refractivity contribution in [2.24, 2.45) is 17.8 Å². The summed E-state index contributed by atoms with van der Waals surface area (Å²) in [6.45, 7) is 17.6. The normalized spacial score (nSPS) is 25.3. The fourth-order valence-electron chi connectivity index (χ4n) is 13.5. The summed E-state index contributed by atoms with van der Waals surface area (Å²) in [6, 6.07) is 9.55. The van der Waals surface area contributed by atoms with Gasteiger partial charge in [-0.05, 0) is 109 Å². The first-order valence-electron chi connectivity index (χ1n) is 36.9. The van der Waals surface area contributed by atoms with E-state index in [0.717, 1.165) is 54.2 Å². The fraction of sp³-hybridized carbons (Fsp3) is 0.590. The minimum atomic E-state index is -1.84. The highest BCUT2D eigenvalue weighted by Crippen LogP contribution is 2.23. The number of amides is 14. The van der Waals surface area contributed by atoms with E-state index in [1.54, 1.807) is 117 Å². The Hall–Kier alpha value is -9.80. The van der Waals surface area contributed by atoms with Gasteiger partial charge in [0.1, 0.15) is 72.5 Å². The van der Waals surface area contributed by atoms with Crippen LogP contribution in [0.2, 0.25) is 0 Å². The highest BCUT2D eigenvalue weighted by molar-refractivity contribution is 6.01. The molecule has 2 fully saturated rings. The van der Waals surface area contributed by atoms with Crippen molar-refractivity contribution in [3.05, 3.63) is 108 Å². The lowest BCUT2D eigenvalue weighted by molar-refractivity contribution is -0.151. The first-order valence-corrected chi connectivity index (χ1v) is 36.9. The highest BCUT2D eigenvalue weighted by Gasteiger charge is 2.44. The Morgan fingerprint density at radius 1 is 0.514 bits per heavy atom. The van der Waals surface area contributed by atoms with Gasteiger partial charge < -0.3 is 75.8 Å². The third-order valence-electron chi connectivity index (χ3n) is 20.6. The summed E-state index contributed by atoms with van der Waals surface area (Å²) in [6.07, 6.45) is -0.0266. The Morgan fingerprint density at radius 3 is 1.51 bits per heavy atom. The summed E-state index contributed by atoms with van der Waals surface area (Å²) in [5.74, 6) is -12.5. The maximum absolute atomic E-state index is 15.4. The van der Waals surface area contributed by atoms with E-state index in [9.17, 15) is 62.6 Å². The molecule has 5 rings (SSSR count). The summed E-state index contributed by atoms with van der Waals surface area (Å²) in [5.41, 5.74) is 1.89. The number of hydrogen-bond acceptors (Lipinski definition) is 15. The molecular formula is C78H116N14O15. The number of piperidine rings is 1. The molecule has 14 amide bonds. The van der Waals surface area contributed by atoms with Crippen molar-refractivity contribution in [3.63, 3.8) is 0 Å². The number of likely N-dealkylation sites (N-methyl/N-ethyl adjacent to an activating group) is 8. The number of aliphatic hydroxyl groups is 1. The minimum Gasteiger partial charge on any atom is -0.391 e. The average molecular weight is 1490 g/mol. The average Bonchev–Trinajstić information content (AvgIpc) is 0.830. The van der Waals surface area contributed by atoms with Crippen molar-refractivity contribution >= 4 is 82.7 Å². The summed E-state index contributed by atoms with van der Waals surface area (Å²) in [7, 11) is 10.7. The molecule has 588 valence electrons. The molecule has 2 aliphatic heterocycles. The quantitative estimate of drug-likeness (QED) is 0.126. The Morgan fingerprint density at radius 2 is 0.991 bits per heavy atom. The molecule has 0 aromatic heterocycles. The lowest BCUT2D eigenvalue weighted by Gasteiger charge is -2.37. The van der Waals surface area contributed by atoms with Crippen LogP contribution in [0.3, 0.4) is 0 Å². The number of aliphatic hydroxyl groups excluding tert-OH is 1. The highest BCUT2D eigenvalue weighted by atomic mass is 16.3. The topological polar surface area (TPSA) is 349 Å². The van der Waals surface area contributed by atoms with Crippen LogP contribution in [0.5, 0.6) is 0 Å². The Labute approximate surface area is 630 Å². The second-order valence-electron chi connectivity index (χ2n) is 29.6. The molecule has 3 aromatic carbocycles. The summed E-state index contributed by atoms with van der Waals surface area (Å²) in [4.78, 5) is 217. The predicted octanol–water partition coefficient (Wildman–Crippen LogP) is 1.62. The fourth-order valence-corrected chi connectivity index (χ4v) is 13.5. The van der Waals surface area contributed by atoms with Crippen molar-refractivity contribution < 1.29 is 72.2 Å². The number of nitrogens with zero attached hydrogens (tertiary/aromatic N) is 9. The maximum Gasteiger partial charge on any atom is 0.248 e. The molecular weight excluding hydrogens is 1370 g/mol. The van der Waals surface area contributed by atoms with E-state index >= 15 is 9.59 Å². The lowest BCUT2D eigenvalue weighted by atomic mass is 9.94. The first kappa shape index (κ1) is 87.8. The van der Waals surface area contributed by atoms with E-state index in [0.29, 0.717) is 24.2 Å². The van der Waals surface area contributed by atoms with Gasteiger partial charge in [0.15, 0.2) is 0 Å². The standard InChI is InChI=1S/C78H116N14O15/c1-46(2)40-60-67(96)79-48(5)71(100)84(12)45-58(41-55-32-24-20-25-33-55)76(105)91(19)65(47(3)4)70(99)81-49(6)72(101)86(14)51(8)66(95)82-59(77(106)90(18)61(42-56-34-26-21-27-35-56)68(97)80-50(7)73(102)92-38-30-23-31-39-92)44-63(94)85(13)52(9)74(103)89(17)62(43-57-36-28-22-29-37-57)69(98)83-64(54(11)93)78(107)87(15)53(10)75(104)88(60)16/h20-22,24-29,32-37,46-54,58-62,64-65,93H,23,30-31,38-45H2,1-19H3,(H,79,96)(H,80,97)(H,81,99)(H,82,95)(H,83,98)/t48-,49-,50-,51-,52-,53-,54+,58+,59-,60-,61-,62-,64-,65-/m0/s1. The van der Waals surface area contributed by atoms with E-state index < -0.39 is 174 Å². The SMILES string of the molecule is CC(C)C[C@H]1C(=O)N[C@@H](C)C(=O)N(C)C[C@@H](Cc2ccccc2)C(=O)N(C)[C@@H](C(C)C)C(=O)N[C@@H](C)C(=O)N(C)[C@@H](C)C(=O)N[C@H](C(=O)N(C)[C@@H](Cc2ccccc2)C(=O)N[C@@H](C)C(=O)N2CCCCC2)CC(=O)N(C)[C@@H](C)C(=O)N(C)[C@@H](Cc2ccccc2)C(=O)N[C@@H]([C@@H](C)O)C(=O)N(C)[C@@H](C)C(=O)N1C. The predicted molar refractivity (Wildman–Crippen MR) is 402 cm³/mol. The van der Waals surface area contributed by atoms with Gasteiger partial charge in [-0.15, -0.1) is 0 Å². The number of carbonyl (C=O) groups excluding carboxylic acids is 14. The maximum atomic E-state index is 15.4. The van der Waals surface area contributed by atoms with Crippen molar-refractivity contribution in [1.82, 2.24) is 70.7 Å². The molecule has 29 heteroatoms. The molecule has 0 aliphatic carbocycles. The van der Waals surface area contributed by atoms with E-state index in [1.165, 1.54) is 108 Å². The largest absolute Gasteiger partial charge is 0.391 e. The monoisotopic (exact) mass is 1490 g/mol. The smallest absolute Gasteiger partial charge is 0.248 e. The molecule has 14 atom stereocenters. The Balaban J connectivity index is 1.63. The van der Waals surface area contributed by atoms with Crippen molar-refractivity contribution in [2.45, 2.75) is 206 Å². The molecule has 2 aliphatic rings. The zero-order chi connectivity index (χ0) is 80.2. The van der Waals surface area contributed by atoms with E-state index in [-0.39, 0.29) is 44.1 Å². The van der Waals surface area contributed by atoms with E-state index in [4.69, 9.17) is 0 Å². The van der Waals surface area contributed by atoms with Crippen LogP contribution in [0.25, 0.3) is 0 Å². The number of likely N-dealkylation sites (tertiary alicyclic amines) is 1. The van der Waals surface area contributed by atoms with Gasteiger partial charge in [-0.1, -0.05) is 119 Å². The molecule has 107 heavy (non-hydrogen) atoms. The van der Waals surface area contributed by atoms with Crippen LogP contribution in [0.15, 0.2) is 91.0 Å². The second kappa shape index (κ2) is 40.2. The van der Waals surface area contributed by atoms with Crippen molar-refractivity contribution in [2.75, 3.05) is 76.0 Å². The minimum absolute atomic E-state index is 0.0970. The number of nitrogens with one attached hydrogen (secondary N) is 5. The third-order valence-corrected chi connectivity index (χ3v) is 20.6. The Kier molecular flexibility index (Phi) is 33.0. The van der Waals surface area contributed by atoms with Gasteiger partial charge in [0.05, 0.1) is 18.4 Å². The number of rotatable bonds is 15. The molecule has 0 saturated carbocycles. The van der Waals surface area contributed by atoms with Gasteiger partial charge in [0.2, 0.25) is 82.7 Å². The van der Waals surface area contributed by atoms with E-state index in [2.05, 4.69) is 26.6 Å². The molecule has 0 bridgehead atoms. The van der Waals surface area contributed by atoms with Crippen molar-refractivity contribution in [3.8, 4) is 0 Å². The molecule has 0 spiro atoms. The second-order valence-corrected chi connectivity index (χ2v) is 29.6. The van der Waals surface area contributed by atoms with Gasteiger partial charge in [0, 0.05) is 88.9 Å². The molecule has 2 heterocycles. The zero-order valence-corrected chi connectivity index (χ0v) is 65.9. The van der Waals surface area contributed by atoms with Crippen LogP contribution in [0.4, 0.5) is 0 Å². The summed E-state index contributed by atoms with van der Waals surface area (Å²) in [5, 5.41) is 24.9. The molecule has 2 saturated heterocycles. The number of hydrogen-bond donors (Lipinski definition) is 6. The van der Waals surface area contributed by atoms with Crippen LogP contribution in [-0.2, 0) is 86.4 Å². The lowest BCUT2D eigenvalue weighted by Crippen LogP contribution is -2.62. The number of benzene rings is 3. The van der Waals surface area contributed by atoms with Crippen LogP contribution in [0, 0.1) is 17.8 Å². The Bertz CT molecular complexity index is 3600. The van der Waals surface area contributed by atoms with Gasteiger partial charge >= 0.3 is 0 Å². The van der Waals surface area contributed by atoms with Gasteiger partial charge in [-0.2, -0.15) is 0 Å². The summed E-state index contributed by atoms with van der Waals surface area (Å²) >= 11 is 0. The van der Waals surface area contributed by atoms with Gasteiger partial charge in [-0.25, -0.2) is 0 Å². The zero-order valence-electron chi connectivity index (χ0n) is 65.9. The molecule has 0 radical (unpaired) electrons. The number of carbonyl (C=O) groups is 14. The van der Waals surface area contributed by atoms with Crippen LogP contribution in [0.1, 0.15) is 125 Å². The van der Waals surface area contributed by atoms with Gasteiger partial charge in [0.25, 0.3) is 0 Å². The van der Waals surface area contributed by atoms with Gasteiger partial charge in [-0.3, -0.25) is 67.1 Å². The van der Waals surface area contributed by atoms with Crippen LogP contribution < -0.4 is 26.6 Å². The van der Waals surface area contributed by atoms with Crippen LogP contribution in [-0.4, -0.2) is 287 Å². The molecule has 29 nitrogen and oxygen atoms in total. The molecule has 6 N–H and O–H groups in total. The van der Waals surface area contributed by atoms with Crippen LogP contribution >= 0.6 is 0 Å². The first-order chi connectivity index (χ1) is 50.2. The van der Waals surface area contributed by atoms with E-state index in [1.807, 2.05) is 13.8 Å². The van der Waals surface area contributed by atoms with Crippen molar-refractivity contribution in [1.29, 1.82) is 0 Å². The third kappa shape index (κ3) is 23.6.